The summed E-state index contributed by atoms with van der Waals surface area (Å²) in [5, 5.41) is 5.96. The summed E-state index contributed by atoms with van der Waals surface area (Å²) < 4.78 is 26.6. The van der Waals surface area contributed by atoms with Crippen LogP contribution in [0.2, 0.25) is 0 Å². The summed E-state index contributed by atoms with van der Waals surface area (Å²) in [6, 6.07) is 3.05. The van der Waals surface area contributed by atoms with Gasteiger partial charge in [-0.1, -0.05) is 13.0 Å². The van der Waals surface area contributed by atoms with Crippen LogP contribution in [0.5, 0.6) is 0 Å². The molecule has 0 radical (unpaired) electrons. The summed E-state index contributed by atoms with van der Waals surface area (Å²) in [6.07, 6.45) is 1.36. The van der Waals surface area contributed by atoms with Gasteiger partial charge in [0.25, 0.3) is 0 Å². The van der Waals surface area contributed by atoms with Crippen LogP contribution in [0.1, 0.15) is 31.4 Å². The monoisotopic (exact) mass is 268 g/mol. The van der Waals surface area contributed by atoms with Gasteiger partial charge in [-0.3, -0.25) is 4.79 Å². The van der Waals surface area contributed by atoms with Crippen LogP contribution in [0, 0.1) is 17.6 Å². The largest absolute Gasteiger partial charge is 0.349 e. The molecule has 0 spiro atoms. The normalized spacial score (nSPS) is 20.3. The molecule has 5 heteroatoms. The van der Waals surface area contributed by atoms with Gasteiger partial charge < -0.3 is 10.6 Å². The van der Waals surface area contributed by atoms with Gasteiger partial charge >= 0.3 is 0 Å². The third-order valence-electron chi connectivity index (χ3n) is 3.49. The predicted molar refractivity (Wildman–Crippen MR) is 68.5 cm³/mol. The second-order valence-corrected chi connectivity index (χ2v) is 4.82. The molecular formula is C14H18F2N2O. The van der Waals surface area contributed by atoms with Crippen molar-refractivity contribution in [3.05, 3.63) is 35.4 Å². The van der Waals surface area contributed by atoms with Crippen molar-refractivity contribution in [2.24, 2.45) is 5.92 Å². The fourth-order valence-corrected chi connectivity index (χ4v) is 2.35. The smallest absolute Gasteiger partial charge is 0.224 e. The first-order valence-electron chi connectivity index (χ1n) is 6.58. The van der Waals surface area contributed by atoms with E-state index in [-0.39, 0.29) is 11.8 Å². The van der Waals surface area contributed by atoms with Crippen molar-refractivity contribution in [3.63, 3.8) is 0 Å². The summed E-state index contributed by atoms with van der Waals surface area (Å²) in [5.41, 5.74) is 0.336. The van der Waals surface area contributed by atoms with Gasteiger partial charge in [0.05, 0.1) is 12.0 Å². The van der Waals surface area contributed by atoms with E-state index in [1.54, 1.807) is 0 Å². The molecule has 0 saturated carbocycles. The lowest BCUT2D eigenvalue weighted by atomic mass is 10.0. The van der Waals surface area contributed by atoms with Gasteiger partial charge in [-0.2, -0.15) is 0 Å². The Bertz CT molecular complexity index is 459. The number of carbonyl (C=O) groups excluding carboxylic acids is 1. The zero-order valence-electron chi connectivity index (χ0n) is 10.9. The Morgan fingerprint density at radius 1 is 1.53 bits per heavy atom. The molecule has 2 atom stereocenters. The Kier molecular flexibility index (Phi) is 4.47. The van der Waals surface area contributed by atoms with Crippen LogP contribution in [-0.2, 0) is 4.79 Å². The van der Waals surface area contributed by atoms with Crippen molar-refractivity contribution in [2.45, 2.75) is 25.8 Å². The lowest BCUT2D eigenvalue weighted by molar-refractivity contribution is -0.125. The minimum absolute atomic E-state index is 0.0578. The molecule has 2 rings (SSSR count). The molecular weight excluding hydrogens is 250 g/mol. The van der Waals surface area contributed by atoms with Gasteiger partial charge in [-0.15, -0.1) is 0 Å². The Balaban J connectivity index is 2.08. The molecule has 1 saturated heterocycles. The van der Waals surface area contributed by atoms with Crippen molar-refractivity contribution in [1.82, 2.24) is 10.6 Å². The number of rotatable bonds is 4. The van der Waals surface area contributed by atoms with Crippen LogP contribution in [0.3, 0.4) is 0 Å². The summed E-state index contributed by atoms with van der Waals surface area (Å²) in [4.78, 5) is 12.0. The van der Waals surface area contributed by atoms with Gasteiger partial charge in [-0.05, 0) is 25.5 Å². The molecule has 19 heavy (non-hydrogen) atoms. The summed E-state index contributed by atoms with van der Waals surface area (Å²) in [5.74, 6) is -1.35. The molecule has 1 fully saturated rings. The number of benzene rings is 1. The number of hydrogen-bond donors (Lipinski definition) is 2. The van der Waals surface area contributed by atoms with Crippen LogP contribution in [-0.4, -0.2) is 19.0 Å². The Morgan fingerprint density at radius 2 is 2.32 bits per heavy atom. The molecule has 2 N–H and O–H groups in total. The van der Waals surface area contributed by atoms with Gasteiger partial charge in [0.1, 0.15) is 11.6 Å². The maximum absolute atomic E-state index is 13.7. The van der Waals surface area contributed by atoms with E-state index in [0.29, 0.717) is 18.5 Å². The first-order chi connectivity index (χ1) is 9.11. The Hall–Kier alpha value is -1.49. The van der Waals surface area contributed by atoms with Crippen molar-refractivity contribution >= 4 is 5.91 Å². The van der Waals surface area contributed by atoms with Crippen molar-refractivity contribution in [2.75, 3.05) is 13.1 Å². The number of carbonyl (C=O) groups is 1. The SMILES string of the molecule is CCC(NC(=O)C1CCNC1)c1ccc(F)cc1F. The molecule has 1 amide bonds. The number of hydrogen-bond acceptors (Lipinski definition) is 2. The van der Waals surface area contributed by atoms with Gasteiger partial charge in [-0.25, -0.2) is 8.78 Å². The van der Waals surface area contributed by atoms with Crippen LogP contribution >= 0.6 is 0 Å². The van der Waals surface area contributed by atoms with Crippen LogP contribution < -0.4 is 10.6 Å². The van der Waals surface area contributed by atoms with Crippen LogP contribution in [0.15, 0.2) is 18.2 Å². The number of nitrogens with one attached hydrogen (secondary N) is 2. The van der Waals surface area contributed by atoms with E-state index in [1.165, 1.54) is 12.1 Å². The second-order valence-electron chi connectivity index (χ2n) is 4.82. The topological polar surface area (TPSA) is 41.1 Å². The highest BCUT2D eigenvalue weighted by molar-refractivity contribution is 5.79. The molecule has 1 aliphatic rings. The average Bonchev–Trinajstić information content (AvgIpc) is 2.90. The van der Waals surface area contributed by atoms with Crippen LogP contribution in [0.25, 0.3) is 0 Å². The maximum Gasteiger partial charge on any atom is 0.224 e. The third-order valence-corrected chi connectivity index (χ3v) is 3.49. The molecule has 1 aliphatic heterocycles. The molecule has 1 aromatic carbocycles. The van der Waals surface area contributed by atoms with Gasteiger partial charge in [0.15, 0.2) is 0 Å². The maximum atomic E-state index is 13.7. The lowest BCUT2D eigenvalue weighted by Crippen LogP contribution is -2.35. The molecule has 2 unspecified atom stereocenters. The molecule has 0 bridgehead atoms. The van der Waals surface area contributed by atoms with E-state index in [4.69, 9.17) is 0 Å². The van der Waals surface area contributed by atoms with Crippen LogP contribution in [0.4, 0.5) is 8.78 Å². The second kappa shape index (κ2) is 6.10. The summed E-state index contributed by atoms with van der Waals surface area (Å²) in [6.45, 7) is 3.36. The molecule has 0 aliphatic carbocycles. The zero-order chi connectivity index (χ0) is 13.8. The molecule has 104 valence electrons. The molecule has 1 aromatic rings. The lowest BCUT2D eigenvalue weighted by Gasteiger charge is -2.20. The van der Waals surface area contributed by atoms with Gasteiger partial charge in [0, 0.05) is 18.2 Å². The molecule has 3 nitrogen and oxygen atoms in total. The highest BCUT2D eigenvalue weighted by atomic mass is 19.1. The Labute approximate surface area is 111 Å². The van der Waals surface area contributed by atoms with E-state index in [2.05, 4.69) is 10.6 Å². The predicted octanol–water partition coefficient (Wildman–Crippen LogP) is 2.14. The van der Waals surface area contributed by atoms with E-state index >= 15 is 0 Å². The molecule has 0 aromatic heterocycles. The molecule has 1 heterocycles. The average molecular weight is 268 g/mol. The minimum atomic E-state index is -0.614. The standard InChI is InChI=1S/C14H18F2N2O/c1-2-13(11-4-3-10(15)7-12(11)16)18-14(19)9-5-6-17-8-9/h3-4,7,9,13,17H,2,5-6,8H2,1H3,(H,18,19). The Morgan fingerprint density at radius 3 is 2.89 bits per heavy atom. The quantitative estimate of drug-likeness (QED) is 0.878. The van der Waals surface area contributed by atoms with E-state index in [1.807, 2.05) is 6.92 Å². The number of halogens is 2. The summed E-state index contributed by atoms with van der Waals surface area (Å²) >= 11 is 0. The zero-order valence-corrected chi connectivity index (χ0v) is 10.9. The van der Waals surface area contributed by atoms with Crippen molar-refractivity contribution in [3.8, 4) is 0 Å². The van der Waals surface area contributed by atoms with Crippen molar-refractivity contribution < 1.29 is 13.6 Å². The van der Waals surface area contributed by atoms with Gasteiger partial charge in [0.2, 0.25) is 5.91 Å². The highest BCUT2D eigenvalue weighted by Crippen LogP contribution is 2.22. The fraction of sp³-hybridized carbons (Fsp3) is 0.500. The first-order valence-corrected chi connectivity index (χ1v) is 6.58. The number of amides is 1. The fourth-order valence-electron chi connectivity index (χ4n) is 2.35. The minimum Gasteiger partial charge on any atom is -0.349 e. The first kappa shape index (κ1) is 13.9. The van der Waals surface area contributed by atoms with Crippen molar-refractivity contribution in [1.29, 1.82) is 0 Å². The van der Waals surface area contributed by atoms with E-state index in [9.17, 15) is 13.6 Å². The third kappa shape index (κ3) is 3.29. The highest BCUT2D eigenvalue weighted by Gasteiger charge is 2.25. The van der Waals surface area contributed by atoms with E-state index in [0.717, 1.165) is 19.0 Å². The van der Waals surface area contributed by atoms with E-state index < -0.39 is 17.7 Å². The summed E-state index contributed by atoms with van der Waals surface area (Å²) in [7, 11) is 0.